The van der Waals surface area contributed by atoms with E-state index in [2.05, 4.69) is 4.72 Å². The van der Waals surface area contributed by atoms with E-state index in [1.165, 1.54) is 6.92 Å². The first-order valence-electron chi connectivity index (χ1n) is 6.30. The molecule has 1 aromatic rings. The van der Waals surface area contributed by atoms with Crippen molar-refractivity contribution >= 4 is 27.8 Å². The Kier molecular flexibility index (Phi) is 5.44. The summed E-state index contributed by atoms with van der Waals surface area (Å²) in [7, 11) is -3.10. The lowest BCUT2D eigenvalue weighted by atomic mass is 9.94. The van der Waals surface area contributed by atoms with Crippen LogP contribution in [0.2, 0.25) is 0 Å². The molecule has 2 unspecified atom stereocenters. The number of sulfonamides is 1. The number of hydrogen-bond acceptors (Lipinski definition) is 4. The molecule has 0 spiro atoms. The van der Waals surface area contributed by atoms with Gasteiger partial charge < -0.3 is 4.79 Å². The van der Waals surface area contributed by atoms with Crippen LogP contribution in [-0.4, -0.2) is 20.5 Å². The summed E-state index contributed by atoms with van der Waals surface area (Å²) >= 11 is 0. The zero-order chi connectivity index (χ0) is 15.3. The molecule has 1 N–H and O–H groups in total. The number of fused-ring (bicyclic) bond motifs is 4. The van der Waals surface area contributed by atoms with Crippen molar-refractivity contribution in [2.75, 3.05) is 4.72 Å². The average molecular weight is 297 g/mol. The molecule has 20 heavy (non-hydrogen) atoms. The van der Waals surface area contributed by atoms with Crippen LogP contribution >= 0.6 is 0 Å². The molecular formula is C14H19NO4S. The highest BCUT2D eigenvalue weighted by atomic mass is 32.2. The van der Waals surface area contributed by atoms with Crippen LogP contribution in [0.3, 0.4) is 0 Å². The Morgan fingerprint density at radius 2 is 1.80 bits per heavy atom. The first-order valence-corrected chi connectivity index (χ1v) is 7.95. The number of anilines is 1. The minimum Gasteiger partial charge on any atom is -0.303 e. The van der Waals surface area contributed by atoms with Crippen LogP contribution in [0.1, 0.15) is 26.3 Å². The topological polar surface area (TPSA) is 80.3 Å². The van der Waals surface area contributed by atoms with E-state index in [0.29, 0.717) is 5.69 Å². The van der Waals surface area contributed by atoms with Crippen LogP contribution in [0.5, 0.6) is 0 Å². The predicted molar refractivity (Wildman–Crippen MR) is 77.8 cm³/mol. The van der Waals surface area contributed by atoms with E-state index in [4.69, 9.17) is 0 Å². The van der Waals surface area contributed by atoms with E-state index in [1.807, 2.05) is 12.1 Å². The standard InChI is InChI=1S/C7H7NO2S.C7H12O2/c9-11(10)5-6-1-3-7(8-11)4-2-6;1-5(4-8)6(2)7(3)9/h1-4,8H,5H2;4-6H,1-3H3. The van der Waals surface area contributed by atoms with Crippen molar-refractivity contribution in [3.63, 3.8) is 0 Å². The Morgan fingerprint density at radius 3 is 2.20 bits per heavy atom. The molecular weight excluding hydrogens is 278 g/mol. The number of rotatable bonds is 3. The molecule has 2 heterocycles. The molecule has 5 nitrogen and oxygen atoms in total. The third-order valence-electron chi connectivity index (χ3n) is 3.23. The zero-order valence-electron chi connectivity index (χ0n) is 11.8. The molecule has 110 valence electrons. The monoisotopic (exact) mass is 297 g/mol. The van der Waals surface area contributed by atoms with Crippen molar-refractivity contribution in [2.24, 2.45) is 11.8 Å². The molecule has 0 aromatic heterocycles. The second kappa shape index (κ2) is 6.65. The maximum atomic E-state index is 11.1. The number of carbonyl (C=O) groups is 2. The fraction of sp³-hybridized carbons (Fsp3) is 0.429. The zero-order valence-corrected chi connectivity index (χ0v) is 12.6. The molecule has 0 saturated heterocycles. The Bertz CT molecular complexity index is 547. The minimum atomic E-state index is -3.10. The molecule has 0 fully saturated rings. The molecule has 1 aromatic carbocycles. The van der Waals surface area contributed by atoms with Crippen LogP contribution in [0, 0.1) is 11.8 Å². The van der Waals surface area contributed by atoms with Gasteiger partial charge in [-0.2, -0.15) is 0 Å². The number of aldehydes is 1. The van der Waals surface area contributed by atoms with Gasteiger partial charge in [-0.25, -0.2) is 8.42 Å². The fourth-order valence-corrected chi connectivity index (χ4v) is 2.79. The van der Waals surface area contributed by atoms with Crippen molar-refractivity contribution in [2.45, 2.75) is 26.5 Å². The maximum Gasteiger partial charge on any atom is 0.236 e. The van der Waals surface area contributed by atoms with Crippen LogP contribution in [0.15, 0.2) is 24.3 Å². The molecule has 0 amide bonds. The van der Waals surface area contributed by atoms with Gasteiger partial charge in [0.2, 0.25) is 10.0 Å². The van der Waals surface area contributed by atoms with Gasteiger partial charge in [0, 0.05) is 17.5 Å². The summed E-state index contributed by atoms with van der Waals surface area (Å²) in [6.07, 6.45) is 0.812. The Balaban J connectivity index is 0.000000206. The molecule has 0 aliphatic carbocycles. The lowest BCUT2D eigenvalue weighted by Gasteiger charge is -2.08. The smallest absolute Gasteiger partial charge is 0.236 e. The van der Waals surface area contributed by atoms with E-state index >= 15 is 0 Å². The summed E-state index contributed by atoms with van der Waals surface area (Å²) in [5, 5.41) is 0. The molecule has 6 heteroatoms. The Hall–Kier alpha value is -1.69. The Labute approximate surface area is 119 Å². The van der Waals surface area contributed by atoms with E-state index in [1.54, 1.807) is 26.0 Å². The van der Waals surface area contributed by atoms with Crippen molar-refractivity contribution in [1.29, 1.82) is 0 Å². The number of benzene rings is 1. The van der Waals surface area contributed by atoms with Gasteiger partial charge in [-0.1, -0.05) is 26.0 Å². The van der Waals surface area contributed by atoms with Crippen molar-refractivity contribution in [3.05, 3.63) is 29.8 Å². The van der Waals surface area contributed by atoms with Gasteiger partial charge in [0.25, 0.3) is 0 Å². The average Bonchev–Trinajstić information content (AvgIpc) is 2.62. The summed E-state index contributed by atoms with van der Waals surface area (Å²) in [4.78, 5) is 20.7. The van der Waals surface area contributed by atoms with Gasteiger partial charge in [0.05, 0.1) is 5.75 Å². The minimum absolute atomic E-state index is 0.0783. The largest absolute Gasteiger partial charge is 0.303 e. The summed E-state index contributed by atoms with van der Waals surface area (Å²) in [5.74, 6) is -0.0941. The third-order valence-corrected chi connectivity index (χ3v) is 4.49. The van der Waals surface area contributed by atoms with E-state index < -0.39 is 10.0 Å². The molecule has 0 radical (unpaired) electrons. The summed E-state index contributed by atoms with van der Waals surface area (Å²) in [6.45, 7) is 5.02. The first kappa shape index (κ1) is 16.4. The highest BCUT2D eigenvalue weighted by molar-refractivity contribution is 7.91. The van der Waals surface area contributed by atoms with Crippen LogP contribution in [0.4, 0.5) is 5.69 Å². The molecule has 2 atom stereocenters. The van der Waals surface area contributed by atoms with E-state index in [-0.39, 0.29) is 23.4 Å². The highest BCUT2D eigenvalue weighted by Crippen LogP contribution is 2.18. The first-order chi connectivity index (χ1) is 9.25. The summed E-state index contributed by atoms with van der Waals surface area (Å²) < 4.78 is 24.6. The van der Waals surface area contributed by atoms with Gasteiger partial charge in [-0.15, -0.1) is 0 Å². The second-order valence-electron chi connectivity index (χ2n) is 4.95. The lowest BCUT2D eigenvalue weighted by Crippen LogP contribution is -2.16. The molecule has 0 saturated carbocycles. The normalized spacial score (nSPS) is 17.8. The maximum absolute atomic E-state index is 11.1. The number of carbonyl (C=O) groups excluding carboxylic acids is 2. The molecule has 2 aliphatic heterocycles. The van der Waals surface area contributed by atoms with Crippen molar-refractivity contribution in [3.8, 4) is 0 Å². The van der Waals surface area contributed by atoms with Gasteiger partial charge in [-0.3, -0.25) is 9.52 Å². The summed E-state index contributed by atoms with van der Waals surface area (Å²) in [5.41, 5.74) is 1.48. The second-order valence-corrected chi connectivity index (χ2v) is 6.67. The third kappa shape index (κ3) is 4.77. The lowest BCUT2D eigenvalue weighted by molar-refractivity contribution is -0.124. The van der Waals surface area contributed by atoms with Gasteiger partial charge in [-0.05, 0) is 24.6 Å². The highest BCUT2D eigenvalue weighted by Gasteiger charge is 2.15. The van der Waals surface area contributed by atoms with Crippen molar-refractivity contribution in [1.82, 2.24) is 0 Å². The number of ketones is 1. The van der Waals surface area contributed by atoms with Gasteiger partial charge in [0.15, 0.2) is 0 Å². The van der Waals surface area contributed by atoms with E-state index in [0.717, 1.165) is 11.8 Å². The molecule has 3 rings (SSSR count). The quantitative estimate of drug-likeness (QED) is 0.865. The van der Waals surface area contributed by atoms with Crippen LogP contribution in [0.25, 0.3) is 0 Å². The van der Waals surface area contributed by atoms with Crippen LogP contribution in [-0.2, 0) is 25.4 Å². The summed E-state index contributed by atoms with van der Waals surface area (Å²) in [6, 6.07) is 7.15. The predicted octanol–water partition coefficient (Wildman–Crippen LogP) is 1.99. The number of hydrogen-bond donors (Lipinski definition) is 1. The fourth-order valence-electron chi connectivity index (χ4n) is 1.59. The van der Waals surface area contributed by atoms with Crippen molar-refractivity contribution < 1.29 is 18.0 Å². The molecule has 2 aliphatic rings. The van der Waals surface area contributed by atoms with Crippen LogP contribution < -0.4 is 4.72 Å². The Morgan fingerprint density at radius 1 is 1.25 bits per heavy atom. The number of Topliss-reactive ketones (excluding diaryl/α,β-unsaturated/α-hetero) is 1. The SMILES string of the molecule is CC(=O)C(C)C(C)C=O.O=S1(=O)Cc2ccc(cc2)N1. The van der Waals surface area contributed by atoms with Gasteiger partial charge in [0.1, 0.15) is 12.1 Å². The molecule has 2 bridgehead atoms. The van der Waals surface area contributed by atoms with E-state index in [9.17, 15) is 18.0 Å². The number of nitrogens with one attached hydrogen (secondary N) is 1. The van der Waals surface area contributed by atoms with Gasteiger partial charge >= 0.3 is 0 Å².